The van der Waals surface area contributed by atoms with Crippen molar-refractivity contribution in [3.63, 3.8) is 0 Å². The van der Waals surface area contributed by atoms with Gasteiger partial charge in [0.1, 0.15) is 11.3 Å². The van der Waals surface area contributed by atoms with Crippen LogP contribution in [0.4, 0.5) is 0 Å². The van der Waals surface area contributed by atoms with Crippen LogP contribution in [-0.2, 0) is 10.1 Å². The predicted octanol–water partition coefficient (Wildman–Crippen LogP) is -0.163. The van der Waals surface area contributed by atoms with Gasteiger partial charge in [-0.05, 0) is 12.1 Å². The Kier molecular flexibility index (Phi) is 2.99. The third-order valence-electron chi connectivity index (χ3n) is 1.64. The van der Waals surface area contributed by atoms with Gasteiger partial charge in [-0.1, -0.05) is 0 Å². The Labute approximate surface area is 87.5 Å². The van der Waals surface area contributed by atoms with E-state index in [9.17, 15) is 18.3 Å². The SMILES string of the molecule is O=C(O)c1cc(S(=O)(=O)O)cc(P)c1O. The van der Waals surface area contributed by atoms with Gasteiger partial charge in [-0.2, -0.15) is 8.42 Å². The number of carbonyl (C=O) groups is 1. The number of phenols is 1. The number of carboxylic acids is 1. The first-order chi connectivity index (χ1) is 6.73. The normalized spacial score (nSPS) is 11.3. The van der Waals surface area contributed by atoms with E-state index in [4.69, 9.17) is 9.66 Å². The van der Waals surface area contributed by atoms with Crippen LogP contribution in [-0.4, -0.2) is 29.2 Å². The lowest BCUT2D eigenvalue weighted by atomic mass is 10.2. The van der Waals surface area contributed by atoms with E-state index in [-0.39, 0.29) is 5.30 Å². The number of hydrogen-bond donors (Lipinski definition) is 3. The maximum atomic E-state index is 10.7. The van der Waals surface area contributed by atoms with Crippen LogP contribution >= 0.6 is 9.24 Å². The van der Waals surface area contributed by atoms with Crippen molar-refractivity contribution < 1.29 is 28.0 Å². The van der Waals surface area contributed by atoms with Gasteiger partial charge in [0.05, 0.1) is 4.90 Å². The van der Waals surface area contributed by atoms with Crippen LogP contribution in [0, 0.1) is 0 Å². The van der Waals surface area contributed by atoms with Gasteiger partial charge in [-0.25, -0.2) is 4.79 Å². The fourth-order valence-corrected chi connectivity index (χ4v) is 1.94. The summed E-state index contributed by atoms with van der Waals surface area (Å²) in [5.74, 6) is -2.04. The van der Waals surface area contributed by atoms with Crippen LogP contribution in [0.25, 0.3) is 0 Å². The number of benzene rings is 1. The zero-order valence-electron chi connectivity index (χ0n) is 7.21. The monoisotopic (exact) mass is 250 g/mol. The molecule has 0 fully saturated rings. The molecule has 0 saturated carbocycles. The number of hydrogen-bond acceptors (Lipinski definition) is 4. The summed E-state index contributed by atoms with van der Waals surface area (Å²) in [4.78, 5) is 10.0. The Morgan fingerprint density at radius 3 is 2.27 bits per heavy atom. The fraction of sp³-hybridized carbons (Fsp3) is 0. The standard InChI is InChI=1S/C7H7O6PS/c8-6-4(7(9)10)1-3(2-5(6)14)15(11,12)13/h1-2,8H,14H2,(H,9,10)(H,11,12,13). The topological polar surface area (TPSA) is 112 Å². The van der Waals surface area contributed by atoms with Gasteiger partial charge in [0.15, 0.2) is 0 Å². The Balaban J connectivity index is 3.57. The summed E-state index contributed by atoms with van der Waals surface area (Å²) < 4.78 is 30.2. The van der Waals surface area contributed by atoms with E-state index in [0.717, 1.165) is 6.07 Å². The summed E-state index contributed by atoms with van der Waals surface area (Å²) in [6, 6.07) is 1.63. The summed E-state index contributed by atoms with van der Waals surface area (Å²) in [6.07, 6.45) is 0. The third-order valence-corrected chi connectivity index (χ3v) is 2.91. The molecule has 0 spiro atoms. The van der Waals surface area contributed by atoms with Gasteiger partial charge in [-0.15, -0.1) is 9.24 Å². The van der Waals surface area contributed by atoms with Crippen molar-refractivity contribution in [3.8, 4) is 5.75 Å². The number of rotatable bonds is 2. The first-order valence-corrected chi connectivity index (χ1v) is 5.58. The lowest BCUT2D eigenvalue weighted by Gasteiger charge is -2.05. The molecule has 0 aliphatic rings. The maximum Gasteiger partial charge on any atom is 0.339 e. The second-order valence-corrected chi connectivity index (χ2v) is 4.73. The summed E-state index contributed by atoms with van der Waals surface area (Å²) in [7, 11) is -2.52. The van der Waals surface area contributed by atoms with Crippen LogP contribution in [0.5, 0.6) is 5.75 Å². The highest BCUT2D eigenvalue weighted by atomic mass is 32.2. The lowest BCUT2D eigenvalue weighted by molar-refractivity contribution is 0.0693. The molecule has 3 N–H and O–H groups in total. The molecule has 0 radical (unpaired) electrons. The summed E-state index contributed by atoms with van der Waals surface area (Å²) >= 11 is 0. The van der Waals surface area contributed by atoms with E-state index in [1.54, 1.807) is 0 Å². The second kappa shape index (κ2) is 3.77. The van der Waals surface area contributed by atoms with E-state index in [1.807, 2.05) is 9.24 Å². The fourth-order valence-electron chi connectivity index (χ4n) is 0.941. The number of aromatic hydroxyl groups is 1. The van der Waals surface area contributed by atoms with Gasteiger partial charge in [-0.3, -0.25) is 4.55 Å². The third kappa shape index (κ3) is 2.44. The van der Waals surface area contributed by atoms with Crippen LogP contribution < -0.4 is 5.30 Å². The van der Waals surface area contributed by atoms with Crippen molar-refractivity contribution >= 4 is 30.6 Å². The van der Waals surface area contributed by atoms with E-state index in [2.05, 4.69) is 0 Å². The van der Waals surface area contributed by atoms with Gasteiger partial charge in [0.2, 0.25) is 0 Å². The van der Waals surface area contributed by atoms with Gasteiger partial charge in [0, 0.05) is 5.30 Å². The van der Waals surface area contributed by atoms with E-state index >= 15 is 0 Å². The molecule has 0 aliphatic carbocycles. The van der Waals surface area contributed by atoms with Crippen molar-refractivity contribution in [3.05, 3.63) is 17.7 Å². The zero-order valence-corrected chi connectivity index (χ0v) is 9.18. The molecule has 15 heavy (non-hydrogen) atoms. The molecule has 0 amide bonds. The molecule has 1 aromatic rings. The molecule has 0 bridgehead atoms. The van der Waals surface area contributed by atoms with Crippen LogP contribution in [0.3, 0.4) is 0 Å². The zero-order chi connectivity index (χ0) is 11.8. The maximum absolute atomic E-state index is 10.7. The molecular weight excluding hydrogens is 243 g/mol. The Morgan fingerprint density at radius 2 is 1.87 bits per heavy atom. The summed E-state index contributed by atoms with van der Waals surface area (Å²) in [6.45, 7) is 0. The van der Waals surface area contributed by atoms with Gasteiger partial charge >= 0.3 is 5.97 Å². The highest BCUT2D eigenvalue weighted by Gasteiger charge is 2.18. The average molecular weight is 250 g/mol. The molecule has 1 atom stereocenters. The summed E-state index contributed by atoms with van der Waals surface area (Å²) in [5, 5.41) is 17.9. The number of carboxylic acid groups (broad SMARTS) is 1. The molecule has 0 aromatic heterocycles. The van der Waals surface area contributed by atoms with Crippen molar-refractivity contribution in [2.24, 2.45) is 0 Å². The molecule has 0 aliphatic heterocycles. The molecular formula is C7H7O6PS. The van der Waals surface area contributed by atoms with Crippen molar-refractivity contribution in [2.75, 3.05) is 0 Å². The molecule has 1 unspecified atom stereocenters. The predicted molar refractivity (Wildman–Crippen MR) is 54.2 cm³/mol. The first kappa shape index (κ1) is 11.9. The van der Waals surface area contributed by atoms with E-state index in [1.165, 1.54) is 0 Å². The van der Waals surface area contributed by atoms with E-state index in [0.29, 0.717) is 6.07 Å². The van der Waals surface area contributed by atoms with Gasteiger partial charge in [0.25, 0.3) is 10.1 Å². The highest BCUT2D eigenvalue weighted by Crippen LogP contribution is 2.21. The first-order valence-electron chi connectivity index (χ1n) is 3.56. The second-order valence-electron chi connectivity index (χ2n) is 2.69. The summed E-state index contributed by atoms with van der Waals surface area (Å²) in [5.41, 5.74) is -0.588. The van der Waals surface area contributed by atoms with Crippen molar-refractivity contribution in [1.82, 2.24) is 0 Å². The molecule has 1 aromatic carbocycles. The Morgan fingerprint density at radius 1 is 1.33 bits per heavy atom. The van der Waals surface area contributed by atoms with Crippen LogP contribution in [0.1, 0.15) is 10.4 Å². The Hall–Kier alpha value is -1.17. The molecule has 0 heterocycles. The molecule has 82 valence electrons. The van der Waals surface area contributed by atoms with E-state index < -0.39 is 32.3 Å². The Bertz CT molecular complexity index is 521. The molecule has 1 rings (SSSR count). The minimum absolute atomic E-state index is 0.0254. The minimum Gasteiger partial charge on any atom is -0.506 e. The molecule has 0 saturated heterocycles. The minimum atomic E-state index is -4.49. The van der Waals surface area contributed by atoms with Crippen LogP contribution in [0.15, 0.2) is 17.0 Å². The average Bonchev–Trinajstić information content (AvgIpc) is 2.06. The number of aromatic carboxylic acids is 1. The van der Waals surface area contributed by atoms with Crippen molar-refractivity contribution in [1.29, 1.82) is 0 Å². The van der Waals surface area contributed by atoms with Gasteiger partial charge < -0.3 is 10.2 Å². The highest BCUT2D eigenvalue weighted by molar-refractivity contribution is 7.85. The molecule has 8 heteroatoms. The van der Waals surface area contributed by atoms with Crippen LogP contribution in [0.2, 0.25) is 0 Å². The lowest BCUT2D eigenvalue weighted by Crippen LogP contribution is -2.08. The smallest absolute Gasteiger partial charge is 0.339 e. The molecule has 6 nitrogen and oxygen atoms in total. The quantitative estimate of drug-likeness (QED) is 0.496. The van der Waals surface area contributed by atoms with Crippen molar-refractivity contribution in [2.45, 2.75) is 4.90 Å². The largest absolute Gasteiger partial charge is 0.506 e.